The molecule has 0 bridgehead atoms. The molecule has 3 nitrogen and oxygen atoms in total. The summed E-state index contributed by atoms with van der Waals surface area (Å²) in [6.07, 6.45) is 2.65. The van der Waals surface area contributed by atoms with Crippen LogP contribution < -0.4 is 5.32 Å². The predicted molar refractivity (Wildman–Crippen MR) is 43.5 cm³/mol. The maximum absolute atomic E-state index is 10.4. The minimum atomic E-state index is -0.767. The van der Waals surface area contributed by atoms with E-state index in [4.69, 9.17) is 5.11 Å². The van der Waals surface area contributed by atoms with Crippen molar-refractivity contribution in [1.82, 2.24) is 5.32 Å². The van der Waals surface area contributed by atoms with Gasteiger partial charge in [-0.1, -0.05) is 0 Å². The number of nitrogens with one attached hydrogen (secondary N) is 1. The van der Waals surface area contributed by atoms with Crippen LogP contribution in [0.5, 0.6) is 0 Å². The van der Waals surface area contributed by atoms with Crippen LogP contribution in [0, 0.1) is 0 Å². The first-order valence-electron chi connectivity index (χ1n) is 3.11. The molecule has 0 amide bonds. The summed E-state index contributed by atoms with van der Waals surface area (Å²) in [4.78, 5) is 10.4. The highest BCUT2D eigenvalue weighted by molar-refractivity contribution is 7.98. The van der Waals surface area contributed by atoms with Gasteiger partial charge in [-0.25, -0.2) is 0 Å². The average molecular weight is 163 g/mol. The topological polar surface area (TPSA) is 49.3 Å². The highest BCUT2D eigenvalue weighted by Crippen LogP contribution is 1.99. The normalized spacial score (nSPS) is 13.0. The molecule has 0 fully saturated rings. The van der Waals surface area contributed by atoms with Gasteiger partial charge in [-0.3, -0.25) is 4.79 Å². The van der Waals surface area contributed by atoms with Gasteiger partial charge in [0.15, 0.2) is 0 Å². The summed E-state index contributed by atoms with van der Waals surface area (Å²) in [6.45, 7) is 0. The van der Waals surface area contributed by atoms with E-state index in [1.165, 1.54) is 0 Å². The molecular formula is C6H13NO2S. The molecule has 0 aromatic carbocycles. The molecule has 0 heterocycles. The van der Waals surface area contributed by atoms with E-state index in [2.05, 4.69) is 5.32 Å². The number of carboxylic acid groups (broad SMARTS) is 1. The van der Waals surface area contributed by atoms with E-state index in [-0.39, 0.29) is 6.04 Å². The van der Waals surface area contributed by atoms with Crippen LogP contribution in [0.1, 0.15) is 6.42 Å². The van der Waals surface area contributed by atoms with Crippen LogP contribution in [0.4, 0.5) is 0 Å². The van der Waals surface area contributed by atoms with Gasteiger partial charge in [-0.15, -0.1) is 0 Å². The maximum Gasteiger partial charge on any atom is 0.320 e. The van der Waals surface area contributed by atoms with Gasteiger partial charge in [0.25, 0.3) is 0 Å². The third-order valence-electron chi connectivity index (χ3n) is 1.26. The molecule has 0 aliphatic carbocycles. The van der Waals surface area contributed by atoms with E-state index in [0.717, 1.165) is 5.75 Å². The summed E-state index contributed by atoms with van der Waals surface area (Å²) in [5.41, 5.74) is 0. The van der Waals surface area contributed by atoms with Gasteiger partial charge in [0.1, 0.15) is 6.04 Å². The van der Waals surface area contributed by atoms with Crippen LogP contribution in [-0.2, 0) is 4.79 Å². The smallest absolute Gasteiger partial charge is 0.320 e. The molecule has 0 saturated heterocycles. The number of carboxylic acids is 1. The van der Waals surface area contributed by atoms with Crippen molar-refractivity contribution in [2.45, 2.75) is 12.5 Å². The zero-order chi connectivity index (χ0) is 7.98. The van der Waals surface area contributed by atoms with Crippen LogP contribution in [0.2, 0.25) is 0 Å². The summed E-state index contributed by atoms with van der Waals surface area (Å²) < 4.78 is 0. The van der Waals surface area contributed by atoms with Crippen molar-refractivity contribution in [3.63, 3.8) is 0 Å². The third kappa shape index (κ3) is 3.74. The Kier molecular flexibility index (Phi) is 5.43. The van der Waals surface area contributed by atoms with Crippen molar-refractivity contribution in [3.8, 4) is 0 Å². The SMILES string of the molecule is CN[C@H](CCSC)C(=O)O. The lowest BCUT2D eigenvalue weighted by Gasteiger charge is -2.08. The van der Waals surface area contributed by atoms with Crippen molar-refractivity contribution in [3.05, 3.63) is 0 Å². The van der Waals surface area contributed by atoms with E-state index in [9.17, 15) is 4.79 Å². The molecule has 2 N–H and O–H groups in total. The molecule has 0 aliphatic rings. The van der Waals surface area contributed by atoms with Crippen LogP contribution in [0.25, 0.3) is 0 Å². The number of thioether (sulfide) groups is 1. The molecule has 0 rings (SSSR count). The molecule has 60 valence electrons. The molecule has 4 heteroatoms. The molecule has 0 spiro atoms. The van der Waals surface area contributed by atoms with Crippen LogP contribution in [0.3, 0.4) is 0 Å². The van der Waals surface area contributed by atoms with Crippen LogP contribution in [-0.4, -0.2) is 36.2 Å². The summed E-state index contributed by atoms with van der Waals surface area (Å²) in [7, 11) is 1.67. The van der Waals surface area contributed by atoms with E-state index in [1.54, 1.807) is 18.8 Å². The van der Waals surface area contributed by atoms with Crippen molar-refractivity contribution in [1.29, 1.82) is 0 Å². The highest BCUT2D eigenvalue weighted by atomic mass is 32.2. The van der Waals surface area contributed by atoms with E-state index in [1.807, 2.05) is 6.26 Å². The van der Waals surface area contributed by atoms with Crippen molar-refractivity contribution < 1.29 is 9.90 Å². The fraction of sp³-hybridized carbons (Fsp3) is 0.833. The Balaban J connectivity index is 3.50. The van der Waals surface area contributed by atoms with Crippen molar-refractivity contribution in [2.75, 3.05) is 19.1 Å². The molecule has 0 aliphatic heterocycles. The third-order valence-corrected chi connectivity index (χ3v) is 1.90. The lowest BCUT2D eigenvalue weighted by atomic mass is 10.2. The van der Waals surface area contributed by atoms with E-state index in [0.29, 0.717) is 6.42 Å². The largest absolute Gasteiger partial charge is 0.480 e. The summed E-state index contributed by atoms with van der Waals surface area (Å²) >= 11 is 1.66. The van der Waals surface area contributed by atoms with Crippen molar-refractivity contribution >= 4 is 17.7 Å². The average Bonchev–Trinajstić information content (AvgIpc) is 1.89. The fourth-order valence-electron chi connectivity index (χ4n) is 0.627. The zero-order valence-electron chi connectivity index (χ0n) is 6.26. The van der Waals surface area contributed by atoms with Gasteiger partial charge in [-0.05, 0) is 25.5 Å². The first-order chi connectivity index (χ1) is 4.72. The first kappa shape index (κ1) is 9.78. The number of hydrogen-bond donors (Lipinski definition) is 2. The first-order valence-corrected chi connectivity index (χ1v) is 4.50. The lowest BCUT2D eigenvalue weighted by Crippen LogP contribution is -2.34. The highest BCUT2D eigenvalue weighted by Gasteiger charge is 2.12. The van der Waals surface area contributed by atoms with Gasteiger partial charge in [0.05, 0.1) is 0 Å². The van der Waals surface area contributed by atoms with Gasteiger partial charge >= 0.3 is 5.97 Å². The Morgan fingerprint density at radius 1 is 1.80 bits per heavy atom. The Bertz CT molecular complexity index is 108. The molecule has 0 aromatic rings. The quantitative estimate of drug-likeness (QED) is 0.616. The maximum atomic E-state index is 10.4. The summed E-state index contributed by atoms with van der Waals surface area (Å²) in [6, 6.07) is -0.382. The predicted octanol–water partition coefficient (Wildman–Crippen LogP) is 0.412. The zero-order valence-corrected chi connectivity index (χ0v) is 7.07. The number of hydrogen-bond acceptors (Lipinski definition) is 3. The van der Waals surface area contributed by atoms with Gasteiger partial charge in [0, 0.05) is 0 Å². The second-order valence-electron chi connectivity index (χ2n) is 1.96. The molecule has 0 radical (unpaired) electrons. The Morgan fingerprint density at radius 2 is 2.40 bits per heavy atom. The minimum absolute atomic E-state index is 0.382. The van der Waals surface area contributed by atoms with Crippen molar-refractivity contribution in [2.24, 2.45) is 0 Å². The monoisotopic (exact) mass is 163 g/mol. The molecule has 0 unspecified atom stereocenters. The Hall–Kier alpha value is -0.220. The Labute approximate surface area is 65.2 Å². The molecule has 10 heavy (non-hydrogen) atoms. The van der Waals surface area contributed by atoms with Gasteiger partial charge in [-0.2, -0.15) is 11.8 Å². The van der Waals surface area contributed by atoms with E-state index < -0.39 is 5.97 Å². The van der Waals surface area contributed by atoms with Gasteiger partial charge < -0.3 is 10.4 Å². The summed E-state index contributed by atoms with van der Waals surface area (Å²) in [5, 5.41) is 11.3. The summed E-state index contributed by atoms with van der Waals surface area (Å²) in [5.74, 6) is 0.120. The number of likely N-dealkylation sites (N-methyl/N-ethyl adjacent to an activating group) is 1. The number of rotatable bonds is 5. The van der Waals surface area contributed by atoms with Crippen LogP contribution in [0.15, 0.2) is 0 Å². The standard InChI is InChI=1S/C6H13NO2S/c1-7-5(6(8)9)3-4-10-2/h5,7H,3-4H2,1-2H3,(H,8,9)/t5-/m1/s1. The van der Waals surface area contributed by atoms with Gasteiger partial charge in [0.2, 0.25) is 0 Å². The fourth-order valence-corrected chi connectivity index (χ4v) is 1.10. The lowest BCUT2D eigenvalue weighted by molar-refractivity contribution is -0.139. The number of aliphatic carboxylic acids is 1. The second kappa shape index (κ2) is 5.56. The van der Waals surface area contributed by atoms with Crippen LogP contribution >= 0.6 is 11.8 Å². The minimum Gasteiger partial charge on any atom is -0.480 e. The molecule has 0 aromatic heterocycles. The molecule has 0 saturated carbocycles. The molecular weight excluding hydrogens is 150 g/mol. The number of carbonyl (C=O) groups is 1. The second-order valence-corrected chi connectivity index (χ2v) is 2.95. The molecule has 1 atom stereocenters. The Morgan fingerprint density at radius 3 is 2.70 bits per heavy atom. The van der Waals surface area contributed by atoms with E-state index >= 15 is 0 Å².